The van der Waals surface area contributed by atoms with Crippen molar-refractivity contribution < 1.29 is 18.3 Å². The van der Waals surface area contributed by atoms with E-state index in [1.807, 2.05) is 0 Å². The Morgan fingerprint density at radius 3 is 2.40 bits per heavy atom. The van der Waals surface area contributed by atoms with E-state index in [2.05, 4.69) is 5.32 Å². The molecule has 1 amide bonds. The first-order chi connectivity index (χ1) is 9.56. The third kappa shape index (κ3) is 3.54. The molecular formula is C15H13F2NO2. The van der Waals surface area contributed by atoms with Gasteiger partial charge in [0.25, 0.3) is 5.91 Å². The van der Waals surface area contributed by atoms with Crippen molar-refractivity contribution in [1.82, 2.24) is 0 Å². The Hall–Kier alpha value is -2.43. The van der Waals surface area contributed by atoms with Crippen molar-refractivity contribution in [2.45, 2.75) is 13.0 Å². The zero-order valence-electron chi connectivity index (χ0n) is 10.8. The summed E-state index contributed by atoms with van der Waals surface area (Å²) in [6, 6.07) is 11.2. The van der Waals surface area contributed by atoms with Gasteiger partial charge in [-0.1, -0.05) is 12.1 Å². The van der Waals surface area contributed by atoms with Crippen LogP contribution >= 0.6 is 0 Å². The van der Waals surface area contributed by atoms with Crippen molar-refractivity contribution in [2.24, 2.45) is 0 Å². The summed E-state index contributed by atoms with van der Waals surface area (Å²) in [5, 5.41) is 2.43. The Balaban J connectivity index is 1.99. The number of amides is 1. The SMILES string of the molecule is C[C@@H](Oc1ccc(F)cc1)C(=O)Nc1ccccc1F. The lowest BCUT2D eigenvalue weighted by atomic mass is 10.3. The standard InChI is InChI=1S/C15H13F2NO2/c1-10(20-12-8-6-11(16)7-9-12)15(19)18-14-5-3-2-4-13(14)17/h2-10H,1H3,(H,18,19)/t10-/m1/s1. The number of carbonyl (C=O) groups is 1. The van der Waals surface area contributed by atoms with E-state index in [0.717, 1.165) is 0 Å². The van der Waals surface area contributed by atoms with Crippen LogP contribution in [0.5, 0.6) is 5.75 Å². The molecule has 2 aromatic carbocycles. The molecule has 0 fully saturated rings. The fourth-order valence-electron chi connectivity index (χ4n) is 1.57. The van der Waals surface area contributed by atoms with Gasteiger partial charge in [0.2, 0.25) is 0 Å². The van der Waals surface area contributed by atoms with Gasteiger partial charge in [-0.05, 0) is 43.3 Å². The first-order valence-electron chi connectivity index (χ1n) is 6.04. The van der Waals surface area contributed by atoms with Gasteiger partial charge < -0.3 is 10.1 Å². The maximum Gasteiger partial charge on any atom is 0.265 e. The van der Waals surface area contributed by atoms with Crippen LogP contribution in [0.2, 0.25) is 0 Å². The lowest BCUT2D eigenvalue weighted by Gasteiger charge is -2.15. The minimum absolute atomic E-state index is 0.0899. The molecule has 0 saturated heterocycles. The number of para-hydroxylation sites is 1. The van der Waals surface area contributed by atoms with E-state index in [1.165, 1.54) is 49.4 Å². The fraction of sp³-hybridized carbons (Fsp3) is 0.133. The normalized spacial score (nSPS) is 11.8. The largest absolute Gasteiger partial charge is 0.481 e. The highest BCUT2D eigenvalue weighted by Crippen LogP contribution is 2.16. The first kappa shape index (κ1) is 14.0. The van der Waals surface area contributed by atoms with Crippen molar-refractivity contribution in [2.75, 3.05) is 5.32 Å². The second-order valence-electron chi connectivity index (χ2n) is 4.18. The smallest absolute Gasteiger partial charge is 0.265 e. The molecule has 0 aliphatic carbocycles. The highest BCUT2D eigenvalue weighted by atomic mass is 19.1. The van der Waals surface area contributed by atoms with Crippen LogP contribution in [0.15, 0.2) is 48.5 Å². The van der Waals surface area contributed by atoms with E-state index in [-0.39, 0.29) is 11.5 Å². The van der Waals surface area contributed by atoms with E-state index in [4.69, 9.17) is 4.74 Å². The second kappa shape index (κ2) is 6.14. The molecule has 1 N–H and O–H groups in total. The molecule has 5 heteroatoms. The molecule has 2 rings (SSSR count). The van der Waals surface area contributed by atoms with E-state index in [9.17, 15) is 13.6 Å². The average Bonchev–Trinajstić information content (AvgIpc) is 2.44. The molecule has 104 valence electrons. The fourth-order valence-corrected chi connectivity index (χ4v) is 1.57. The number of ether oxygens (including phenoxy) is 1. The third-order valence-electron chi connectivity index (χ3n) is 2.63. The molecular weight excluding hydrogens is 264 g/mol. The second-order valence-corrected chi connectivity index (χ2v) is 4.18. The van der Waals surface area contributed by atoms with Gasteiger partial charge >= 0.3 is 0 Å². The zero-order valence-corrected chi connectivity index (χ0v) is 10.8. The predicted octanol–water partition coefficient (Wildman–Crippen LogP) is 3.37. The van der Waals surface area contributed by atoms with Crippen LogP contribution in [0, 0.1) is 11.6 Å². The number of hydrogen-bond acceptors (Lipinski definition) is 2. The van der Waals surface area contributed by atoms with E-state index in [0.29, 0.717) is 5.75 Å². The van der Waals surface area contributed by atoms with Gasteiger partial charge in [-0.15, -0.1) is 0 Å². The summed E-state index contributed by atoms with van der Waals surface area (Å²) in [4.78, 5) is 11.9. The lowest BCUT2D eigenvalue weighted by Crippen LogP contribution is -2.30. The van der Waals surface area contributed by atoms with Crippen molar-refractivity contribution in [3.63, 3.8) is 0 Å². The monoisotopic (exact) mass is 277 g/mol. The van der Waals surface area contributed by atoms with Crippen LogP contribution in [-0.2, 0) is 4.79 Å². The molecule has 20 heavy (non-hydrogen) atoms. The molecule has 2 aromatic rings. The Morgan fingerprint density at radius 1 is 1.10 bits per heavy atom. The summed E-state index contributed by atoms with van der Waals surface area (Å²) in [6.45, 7) is 1.53. The molecule has 0 radical (unpaired) electrons. The summed E-state index contributed by atoms with van der Waals surface area (Å²) in [7, 11) is 0. The maximum atomic E-state index is 13.4. The number of benzene rings is 2. The van der Waals surface area contributed by atoms with Crippen LogP contribution in [0.25, 0.3) is 0 Å². The van der Waals surface area contributed by atoms with Crippen LogP contribution in [0.1, 0.15) is 6.92 Å². The summed E-state index contributed by atoms with van der Waals surface area (Å²) in [6.07, 6.45) is -0.833. The van der Waals surface area contributed by atoms with Crippen molar-refractivity contribution >= 4 is 11.6 Å². The average molecular weight is 277 g/mol. The Labute approximate surface area is 115 Å². The van der Waals surface area contributed by atoms with Gasteiger partial charge in [-0.3, -0.25) is 4.79 Å². The molecule has 1 atom stereocenters. The van der Waals surface area contributed by atoms with Crippen LogP contribution in [0.4, 0.5) is 14.5 Å². The van der Waals surface area contributed by atoms with Gasteiger partial charge in [-0.2, -0.15) is 0 Å². The highest BCUT2D eigenvalue weighted by Gasteiger charge is 2.16. The zero-order chi connectivity index (χ0) is 14.5. The number of nitrogens with one attached hydrogen (secondary N) is 1. The molecule has 3 nitrogen and oxygen atoms in total. The van der Waals surface area contributed by atoms with Crippen molar-refractivity contribution in [3.8, 4) is 5.75 Å². The number of carbonyl (C=O) groups excluding carboxylic acids is 1. The Morgan fingerprint density at radius 2 is 1.75 bits per heavy atom. The van der Waals surface area contributed by atoms with Gasteiger partial charge in [0.05, 0.1) is 5.69 Å². The summed E-state index contributed by atoms with van der Waals surface area (Å²) in [5.74, 6) is -1.03. The Bertz CT molecular complexity index is 599. The maximum absolute atomic E-state index is 13.4. The molecule has 0 unspecified atom stereocenters. The van der Waals surface area contributed by atoms with Crippen LogP contribution < -0.4 is 10.1 Å². The molecule has 0 bridgehead atoms. The number of halogens is 2. The van der Waals surface area contributed by atoms with E-state index in [1.54, 1.807) is 6.07 Å². The molecule has 0 heterocycles. The van der Waals surface area contributed by atoms with E-state index < -0.39 is 17.8 Å². The summed E-state index contributed by atoms with van der Waals surface area (Å²) < 4.78 is 31.5. The predicted molar refractivity (Wildman–Crippen MR) is 71.5 cm³/mol. The topological polar surface area (TPSA) is 38.3 Å². The summed E-state index contributed by atoms with van der Waals surface area (Å²) in [5.41, 5.74) is 0.0899. The highest BCUT2D eigenvalue weighted by molar-refractivity contribution is 5.94. The molecule has 0 spiro atoms. The minimum atomic E-state index is -0.833. The van der Waals surface area contributed by atoms with Crippen LogP contribution in [0.3, 0.4) is 0 Å². The summed E-state index contributed by atoms with van der Waals surface area (Å²) >= 11 is 0. The van der Waals surface area contributed by atoms with Crippen molar-refractivity contribution in [1.29, 1.82) is 0 Å². The minimum Gasteiger partial charge on any atom is -0.481 e. The molecule has 0 aliphatic rings. The number of rotatable bonds is 4. The van der Waals surface area contributed by atoms with Crippen molar-refractivity contribution in [3.05, 3.63) is 60.2 Å². The number of anilines is 1. The van der Waals surface area contributed by atoms with E-state index >= 15 is 0 Å². The molecule has 0 aromatic heterocycles. The Kier molecular flexibility index (Phi) is 4.30. The quantitative estimate of drug-likeness (QED) is 0.930. The molecule has 0 aliphatic heterocycles. The lowest BCUT2D eigenvalue weighted by molar-refractivity contribution is -0.122. The van der Waals surface area contributed by atoms with Gasteiger partial charge in [0.15, 0.2) is 6.10 Å². The first-order valence-corrected chi connectivity index (χ1v) is 6.04. The third-order valence-corrected chi connectivity index (χ3v) is 2.63. The number of hydrogen-bond donors (Lipinski definition) is 1. The van der Waals surface area contributed by atoms with Gasteiger partial charge in [0.1, 0.15) is 17.4 Å². The van der Waals surface area contributed by atoms with Gasteiger partial charge in [0, 0.05) is 0 Å². The molecule has 0 saturated carbocycles. The van der Waals surface area contributed by atoms with Gasteiger partial charge in [-0.25, -0.2) is 8.78 Å². The van der Waals surface area contributed by atoms with Crippen LogP contribution in [-0.4, -0.2) is 12.0 Å².